The number of hydrogen-bond donors (Lipinski definition) is 3. The fourth-order valence-electron chi connectivity index (χ4n) is 1.61. The average molecular weight is 227 g/mol. The van der Waals surface area contributed by atoms with E-state index >= 15 is 0 Å². The lowest BCUT2D eigenvalue weighted by molar-refractivity contribution is -0.0967. The summed E-state index contributed by atoms with van der Waals surface area (Å²) in [6, 6.07) is 1.26. The van der Waals surface area contributed by atoms with E-state index in [9.17, 15) is 9.59 Å². The standard InChI is InChI=1S/C9H13N3O4/c13-5-6-3-10-4-8(16-6)12-2-1-7(14)11-9(12)15/h1-2,6,8,10,13H,3-5H2,(H,11,14,15)/t6-,8+/m0/s1. The maximum absolute atomic E-state index is 11.5. The number of hydrogen-bond acceptors (Lipinski definition) is 5. The van der Waals surface area contributed by atoms with Crippen LogP contribution < -0.4 is 16.6 Å². The van der Waals surface area contributed by atoms with Crippen LogP contribution in [0.15, 0.2) is 21.9 Å². The number of aliphatic hydroxyl groups excluding tert-OH is 1. The van der Waals surface area contributed by atoms with E-state index in [1.165, 1.54) is 16.8 Å². The Labute approximate surface area is 90.7 Å². The van der Waals surface area contributed by atoms with Crippen molar-refractivity contribution in [2.24, 2.45) is 0 Å². The first-order chi connectivity index (χ1) is 7.70. The van der Waals surface area contributed by atoms with Crippen LogP contribution in [-0.4, -0.2) is 40.5 Å². The van der Waals surface area contributed by atoms with Crippen molar-refractivity contribution >= 4 is 0 Å². The summed E-state index contributed by atoms with van der Waals surface area (Å²) in [4.78, 5) is 24.5. The van der Waals surface area contributed by atoms with E-state index in [1.54, 1.807) is 0 Å². The minimum absolute atomic E-state index is 0.110. The van der Waals surface area contributed by atoms with Crippen molar-refractivity contribution in [1.82, 2.24) is 14.9 Å². The van der Waals surface area contributed by atoms with E-state index in [2.05, 4.69) is 10.3 Å². The molecule has 2 atom stereocenters. The number of aliphatic hydroxyl groups is 1. The molecule has 0 saturated carbocycles. The van der Waals surface area contributed by atoms with Crippen LogP contribution in [0.25, 0.3) is 0 Å². The smallest absolute Gasteiger partial charge is 0.330 e. The molecule has 1 aliphatic rings. The Kier molecular flexibility index (Phi) is 3.18. The van der Waals surface area contributed by atoms with Gasteiger partial charge in [0.05, 0.1) is 12.7 Å². The molecule has 2 rings (SSSR count). The first kappa shape index (κ1) is 11.1. The van der Waals surface area contributed by atoms with Crippen molar-refractivity contribution in [2.45, 2.75) is 12.3 Å². The fourth-order valence-corrected chi connectivity index (χ4v) is 1.61. The third kappa shape index (κ3) is 2.21. The van der Waals surface area contributed by atoms with Gasteiger partial charge in [-0.2, -0.15) is 0 Å². The van der Waals surface area contributed by atoms with Crippen LogP contribution in [0.5, 0.6) is 0 Å². The van der Waals surface area contributed by atoms with Crippen molar-refractivity contribution in [3.05, 3.63) is 33.1 Å². The quantitative estimate of drug-likeness (QED) is 0.544. The summed E-state index contributed by atoms with van der Waals surface area (Å²) in [6.45, 7) is 0.898. The van der Waals surface area contributed by atoms with Gasteiger partial charge in [-0.05, 0) is 0 Å². The van der Waals surface area contributed by atoms with Crippen LogP contribution in [0.2, 0.25) is 0 Å². The largest absolute Gasteiger partial charge is 0.394 e. The summed E-state index contributed by atoms with van der Waals surface area (Å²) in [6.07, 6.45) is 0.542. The lowest BCUT2D eigenvalue weighted by atomic mass is 10.3. The Morgan fingerprint density at radius 3 is 3.00 bits per heavy atom. The lowest BCUT2D eigenvalue weighted by Gasteiger charge is -2.30. The molecule has 7 nitrogen and oxygen atoms in total. The Balaban J connectivity index is 2.23. The van der Waals surface area contributed by atoms with E-state index < -0.39 is 17.5 Å². The van der Waals surface area contributed by atoms with Crippen molar-refractivity contribution in [1.29, 1.82) is 0 Å². The van der Waals surface area contributed by atoms with Crippen molar-refractivity contribution in [2.75, 3.05) is 19.7 Å². The minimum atomic E-state index is -0.516. The molecule has 1 fully saturated rings. The van der Waals surface area contributed by atoms with Gasteiger partial charge in [0.2, 0.25) is 0 Å². The molecule has 2 heterocycles. The topological polar surface area (TPSA) is 96.3 Å². The Hall–Kier alpha value is -1.44. The zero-order valence-electron chi connectivity index (χ0n) is 8.55. The number of nitrogens with one attached hydrogen (secondary N) is 2. The van der Waals surface area contributed by atoms with Crippen molar-refractivity contribution in [3.8, 4) is 0 Å². The predicted octanol–water partition coefficient (Wildman–Crippen LogP) is -1.98. The fraction of sp³-hybridized carbons (Fsp3) is 0.556. The van der Waals surface area contributed by atoms with Gasteiger partial charge in [0, 0.05) is 25.4 Å². The molecule has 0 spiro atoms. The number of ether oxygens (including phenoxy) is 1. The highest BCUT2D eigenvalue weighted by atomic mass is 16.5. The van der Waals surface area contributed by atoms with Gasteiger partial charge in [0.25, 0.3) is 5.56 Å². The van der Waals surface area contributed by atoms with Crippen LogP contribution in [0.4, 0.5) is 0 Å². The molecule has 1 aromatic rings. The number of nitrogens with zero attached hydrogens (tertiary/aromatic N) is 1. The summed E-state index contributed by atoms with van der Waals surface area (Å²) >= 11 is 0. The van der Waals surface area contributed by atoms with Gasteiger partial charge >= 0.3 is 5.69 Å². The van der Waals surface area contributed by atoms with E-state index in [0.717, 1.165) is 0 Å². The molecular formula is C9H13N3O4. The van der Waals surface area contributed by atoms with Gasteiger partial charge in [-0.25, -0.2) is 4.79 Å². The summed E-state index contributed by atoms with van der Waals surface area (Å²) in [5, 5.41) is 12.0. The minimum Gasteiger partial charge on any atom is -0.394 e. The van der Waals surface area contributed by atoms with Crippen LogP contribution in [0.3, 0.4) is 0 Å². The zero-order valence-corrected chi connectivity index (χ0v) is 8.55. The number of rotatable bonds is 2. The molecule has 0 aromatic carbocycles. The molecule has 0 radical (unpaired) electrons. The summed E-state index contributed by atoms with van der Waals surface area (Å²) in [5.74, 6) is 0. The molecule has 7 heteroatoms. The van der Waals surface area contributed by atoms with Gasteiger partial charge in [-0.1, -0.05) is 0 Å². The Morgan fingerprint density at radius 1 is 1.50 bits per heavy atom. The van der Waals surface area contributed by atoms with E-state index in [1.807, 2.05) is 0 Å². The van der Waals surface area contributed by atoms with E-state index in [4.69, 9.17) is 9.84 Å². The van der Waals surface area contributed by atoms with Gasteiger partial charge < -0.3 is 15.2 Å². The van der Waals surface area contributed by atoms with E-state index in [-0.39, 0.29) is 12.7 Å². The second-order valence-corrected chi connectivity index (χ2v) is 3.57. The number of aromatic nitrogens is 2. The van der Waals surface area contributed by atoms with Crippen molar-refractivity contribution in [3.63, 3.8) is 0 Å². The highest BCUT2D eigenvalue weighted by Crippen LogP contribution is 2.11. The SMILES string of the molecule is O=c1ccn([C@H]2CNC[C@@H](CO)O2)c(=O)[nH]1. The number of H-pyrrole nitrogens is 1. The maximum Gasteiger partial charge on any atom is 0.330 e. The summed E-state index contributed by atoms with van der Waals surface area (Å²) in [7, 11) is 0. The van der Waals surface area contributed by atoms with Gasteiger partial charge in [0.15, 0.2) is 6.23 Å². The molecule has 16 heavy (non-hydrogen) atoms. The van der Waals surface area contributed by atoms with E-state index in [0.29, 0.717) is 13.1 Å². The second kappa shape index (κ2) is 4.60. The molecule has 1 aromatic heterocycles. The normalized spacial score (nSPS) is 25.6. The van der Waals surface area contributed by atoms with Gasteiger partial charge in [-0.3, -0.25) is 14.3 Å². The molecule has 0 aliphatic carbocycles. The highest BCUT2D eigenvalue weighted by molar-refractivity contribution is 4.85. The van der Waals surface area contributed by atoms with Crippen LogP contribution in [0.1, 0.15) is 6.23 Å². The predicted molar refractivity (Wildman–Crippen MR) is 55.2 cm³/mol. The summed E-state index contributed by atoms with van der Waals surface area (Å²) < 4.78 is 6.76. The molecule has 0 amide bonds. The van der Waals surface area contributed by atoms with Gasteiger partial charge in [0.1, 0.15) is 0 Å². The Bertz CT molecular complexity index is 466. The number of aromatic amines is 1. The zero-order chi connectivity index (χ0) is 11.5. The molecule has 88 valence electrons. The third-order valence-electron chi connectivity index (χ3n) is 2.41. The first-order valence-corrected chi connectivity index (χ1v) is 4.99. The van der Waals surface area contributed by atoms with Crippen LogP contribution >= 0.6 is 0 Å². The van der Waals surface area contributed by atoms with Crippen LogP contribution in [0, 0.1) is 0 Å². The molecule has 0 bridgehead atoms. The Morgan fingerprint density at radius 2 is 2.31 bits per heavy atom. The van der Waals surface area contributed by atoms with Crippen LogP contribution in [-0.2, 0) is 4.74 Å². The lowest BCUT2D eigenvalue weighted by Crippen LogP contribution is -2.47. The molecular weight excluding hydrogens is 214 g/mol. The molecule has 1 aliphatic heterocycles. The van der Waals surface area contributed by atoms with Crippen molar-refractivity contribution < 1.29 is 9.84 Å². The average Bonchev–Trinajstić information content (AvgIpc) is 2.29. The first-order valence-electron chi connectivity index (χ1n) is 4.99. The summed E-state index contributed by atoms with van der Waals surface area (Å²) in [5.41, 5.74) is -0.957. The third-order valence-corrected chi connectivity index (χ3v) is 2.41. The molecule has 1 saturated heterocycles. The molecule has 3 N–H and O–H groups in total. The monoisotopic (exact) mass is 227 g/mol. The van der Waals surface area contributed by atoms with Gasteiger partial charge in [-0.15, -0.1) is 0 Å². The number of morpholine rings is 1. The molecule has 0 unspecified atom stereocenters. The maximum atomic E-state index is 11.5. The highest BCUT2D eigenvalue weighted by Gasteiger charge is 2.23. The second-order valence-electron chi connectivity index (χ2n) is 3.57.